The molecule has 0 unspecified atom stereocenters. The summed E-state index contributed by atoms with van der Waals surface area (Å²) in [7, 11) is 3.58. The Balaban J connectivity index is 1.60. The lowest BCUT2D eigenvalue weighted by atomic mass is 10.2. The van der Waals surface area contributed by atoms with Crippen molar-refractivity contribution in [2.75, 3.05) is 7.11 Å². The average molecular weight is 374 g/mol. The third kappa shape index (κ3) is 3.48. The van der Waals surface area contributed by atoms with Crippen molar-refractivity contribution in [1.82, 2.24) is 24.7 Å². The van der Waals surface area contributed by atoms with Crippen molar-refractivity contribution in [3.05, 3.63) is 41.3 Å². The summed E-state index contributed by atoms with van der Waals surface area (Å²) in [4.78, 5) is 8.92. The Labute approximate surface area is 154 Å². The molecule has 3 aromatic rings. The van der Waals surface area contributed by atoms with Crippen LogP contribution in [-0.4, -0.2) is 31.8 Å². The van der Waals surface area contributed by atoms with Crippen LogP contribution in [0, 0.1) is 0 Å². The molecule has 1 fully saturated rings. The van der Waals surface area contributed by atoms with E-state index in [4.69, 9.17) is 16.3 Å². The van der Waals surface area contributed by atoms with Crippen molar-refractivity contribution in [3.63, 3.8) is 0 Å². The third-order valence-corrected chi connectivity index (χ3v) is 5.16. The lowest BCUT2D eigenvalue weighted by Crippen LogP contribution is -1.97. The van der Waals surface area contributed by atoms with E-state index in [1.807, 2.05) is 35.9 Å². The molecule has 0 bridgehead atoms. The predicted octanol–water partition coefficient (Wildman–Crippen LogP) is 3.96. The minimum atomic E-state index is 0.451. The second-order valence-corrected chi connectivity index (χ2v) is 7.23. The van der Waals surface area contributed by atoms with Gasteiger partial charge in [0.15, 0.2) is 11.0 Å². The molecular formula is C17H16ClN5OS. The first kappa shape index (κ1) is 16.4. The summed E-state index contributed by atoms with van der Waals surface area (Å²) < 4.78 is 7.14. The molecule has 0 aliphatic heterocycles. The molecule has 0 N–H and O–H groups in total. The highest BCUT2D eigenvalue weighted by Gasteiger charge is 2.27. The summed E-state index contributed by atoms with van der Waals surface area (Å²) in [5.41, 5.74) is 0.974. The number of nitrogens with zero attached hydrogens (tertiary/aromatic N) is 5. The van der Waals surface area contributed by atoms with Crippen molar-refractivity contribution in [1.29, 1.82) is 0 Å². The maximum Gasteiger partial charge on any atom is 0.197 e. The maximum atomic E-state index is 6.14. The molecule has 0 atom stereocenters. The van der Waals surface area contributed by atoms with Gasteiger partial charge in [0.1, 0.15) is 21.8 Å². The van der Waals surface area contributed by atoms with Gasteiger partial charge in [0.05, 0.1) is 7.11 Å². The zero-order chi connectivity index (χ0) is 17.4. The number of halogens is 1. The van der Waals surface area contributed by atoms with E-state index in [0.717, 1.165) is 46.0 Å². The molecule has 1 aliphatic rings. The SMILES string of the molecule is COc1ccc(-c2nnc(Sc3cc(Cl)nc(C4CC4)n3)n2C)cc1. The number of methoxy groups -OCH3 is 1. The smallest absolute Gasteiger partial charge is 0.197 e. The molecule has 2 heterocycles. The van der Waals surface area contributed by atoms with E-state index in [0.29, 0.717) is 11.1 Å². The minimum Gasteiger partial charge on any atom is -0.497 e. The topological polar surface area (TPSA) is 65.7 Å². The molecule has 1 aliphatic carbocycles. The Morgan fingerprint density at radius 2 is 1.92 bits per heavy atom. The quantitative estimate of drug-likeness (QED) is 0.630. The Morgan fingerprint density at radius 1 is 1.16 bits per heavy atom. The van der Waals surface area contributed by atoms with Crippen LogP contribution in [0.4, 0.5) is 0 Å². The van der Waals surface area contributed by atoms with Gasteiger partial charge >= 0.3 is 0 Å². The number of ether oxygens (including phenoxy) is 1. The van der Waals surface area contributed by atoms with E-state index in [1.54, 1.807) is 13.2 Å². The van der Waals surface area contributed by atoms with Crippen LogP contribution in [0.15, 0.2) is 40.5 Å². The van der Waals surface area contributed by atoms with Gasteiger partial charge in [-0.15, -0.1) is 10.2 Å². The summed E-state index contributed by atoms with van der Waals surface area (Å²) in [6.45, 7) is 0. The van der Waals surface area contributed by atoms with Gasteiger partial charge < -0.3 is 9.30 Å². The number of hydrogen-bond donors (Lipinski definition) is 0. The van der Waals surface area contributed by atoms with Crippen LogP contribution in [0.3, 0.4) is 0 Å². The Kier molecular flexibility index (Phi) is 4.35. The highest BCUT2D eigenvalue weighted by molar-refractivity contribution is 7.99. The van der Waals surface area contributed by atoms with E-state index in [2.05, 4.69) is 20.2 Å². The first-order valence-electron chi connectivity index (χ1n) is 7.90. The van der Waals surface area contributed by atoms with E-state index in [9.17, 15) is 0 Å². The summed E-state index contributed by atoms with van der Waals surface area (Å²) in [5, 5.41) is 10.6. The van der Waals surface area contributed by atoms with Gasteiger partial charge in [-0.2, -0.15) is 0 Å². The van der Waals surface area contributed by atoms with Crippen molar-refractivity contribution >= 4 is 23.4 Å². The van der Waals surface area contributed by atoms with E-state index >= 15 is 0 Å². The highest BCUT2D eigenvalue weighted by atomic mass is 35.5. The average Bonchev–Trinajstić information content (AvgIpc) is 3.40. The van der Waals surface area contributed by atoms with Crippen LogP contribution in [0.5, 0.6) is 5.75 Å². The van der Waals surface area contributed by atoms with Crippen molar-refractivity contribution in [3.8, 4) is 17.1 Å². The molecule has 4 rings (SSSR count). The molecule has 0 radical (unpaired) electrons. The first-order chi connectivity index (χ1) is 12.1. The molecule has 6 nitrogen and oxygen atoms in total. The number of benzene rings is 1. The summed E-state index contributed by atoms with van der Waals surface area (Å²) in [6, 6.07) is 9.50. The lowest BCUT2D eigenvalue weighted by molar-refractivity contribution is 0.415. The predicted molar refractivity (Wildman–Crippen MR) is 96.1 cm³/mol. The van der Waals surface area contributed by atoms with Gasteiger partial charge in [0, 0.05) is 24.6 Å². The Bertz CT molecular complexity index is 908. The molecule has 8 heteroatoms. The zero-order valence-electron chi connectivity index (χ0n) is 13.8. The van der Waals surface area contributed by atoms with E-state index in [1.165, 1.54) is 11.8 Å². The Hall–Kier alpha value is -2.12. The van der Waals surface area contributed by atoms with E-state index < -0.39 is 0 Å². The molecule has 25 heavy (non-hydrogen) atoms. The van der Waals surface area contributed by atoms with Crippen molar-refractivity contribution in [2.24, 2.45) is 7.05 Å². The summed E-state index contributed by atoms with van der Waals surface area (Å²) in [6.07, 6.45) is 2.27. The second kappa shape index (κ2) is 6.65. The van der Waals surface area contributed by atoms with Crippen LogP contribution >= 0.6 is 23.4 Å². The van der Waals surface area contributed by atoms with Gasteiger partial charge in [-0.1, -0.05) is 11.6 Å². The van der Waals surface area contributed by atoms with Crippen LogP contribution in [0.2, 0.25) is 5.15 Å². The largest absolute Gasteiger partial charge is 0.497 e. The fourth-order valence-corrected chi connectivity index (χ4v) is 3.54. The fraction of sp³-hybridized carbons (Fsp3) is 0.294. The van der Waals surface area contributed by atoms with Crippen LogP contribution in [0.1, 0.15) is 24.6 Å². The van der Waals surface area contributed by atoms with Gasteiger partial charge in [-0.3, -0.25) is 0 Å². The molecule has 2 aromatic heterocycles. The van der Waals surface area contributed by atoms with Crippen molar-refractivity contribution < 1.29 is 4.74 Å². The molecule has 0 spiro atoms. The highest BCUT2D eigenvalue weighted by Crippen LogP contribution is 2.39. The minimum absolute atomic E-state index is 0.451. The molecule has 0 saturated heterocycles. The standard InChI is InChI=1S/C17H16ClN5OS/c1-23-16(11-5-7-12(24-2)8-6-11)21-22-17(23)25-14-9-13(18)19-15(20-14)10-3-4-10/h5-10H,3-4H2,1-2H3. The van der Waals surface area contributed by atoms with Crippen LogP contribution in [-0.2, 0) is 7.05 Å². The van der Waals surface area contributed by atoms with Gasteiger partial charge in [-0.05, 0) is 48.9 Å². The van der Waals surface area contributed by atoms with Crippen molar-refractivity contribution in [2.45, 2.75) is 28.9 Å². The number of aromatic nitrogens is 5. The fourth-order valence-electron chi connectivity index (χ4n) is 2.48. The van der Waals surface area contributed by atoms with Crippen LogP contribution < -0.4 is 4.74 Å². The van der Waals surface area contributed by atoms with Gasteiger partial charge in [0.2, 0.25) is 0 Å². The summed E-state index contributed by atoms with van der Waals surface area (Å²) in [5.74, 6) is 2.87. The maximum absolute atomic E-state index is 6.14. The number of rotatable bonds is 5. The van der Waals surface area contributed by atoms with Crippen LogP contribution in [0.25, 0.3) is 11.4 Å². The molecule has 128 valence electrons. The third-order valence-electron chi connectivity index (χ3n) is 4.01. The normalized spacial score (nSPS) is 13.9. The zero-order valence-corrected chi connectivity index (χ0v) is 15.4. The van der Waals surface area contributed by atoms with Gasteiger partial charge in [0.25, 0.3) is 0 Å². The number of hydrogen-bond acceptors (Lipinski definition) is 6. The molecule has 0 amide bonds. The van der Waals surface area contributed by atoms with Gasteiger partial charge in [-0.25, -0.2) is 9.97 Å². The molecular weight excluding hydrogens is 358 g/mol. The summed E-state index contributed by atoms with van der Waals surface area (Å²) >= 11 is 7.58. The molecule has 1 aromatic carbocycles. The first-order valence-corrected chi connectivity index (χ1v) is 9.09. The van der Waals surface area contributed by atoms with E-state index in [-0.39, 0.29) is 0 Å². The Morgan fingerprint density at radius 3 is 2.60 bits per heavy atom. The second-order valence-electron chi connectivity index (χ2n) is 5.86. The lowest BCUT2D eigenvalue weighted by Gasteiger charge is -2.06. The molecule has 1 saturated carbocycles. The monoisotopic (exact) mass is 373 g/mol.